The Bertz CT molecular complexity index is 882. The predicted octanol–water partition coefficient (Wildman–Crippen LogP) is 4.40. The van der Waals surface area contributed by atoms with E-state index in [1.165, 1.54) is 6.92 Å². The lowest BCUT2D eigenvalue weighted by molar-refractivity contribution is -0.142. The van der Waals surface area contributed by atoms with E-state index < -0.39 is 64.9 Å². The summed E-state index contributed by atoms with van der Waals surface area (Å²) in [4.78, 5) is 25.1. The molecule has 0 atom stereocenters. The number of H-pyrrole nitrogens is 1. The van der Waals surface area contributed by atoms with Gasteiger partial charge in [-0.25, -0.2) is 4.79 Å². The van der Waals surface area contributed by atoms with Crippen molar-refractivity contribution in [2.24, 2.45) is 0 Å². The Morgan fingerprint density at radius 1 is 1.11 bits per heavy atom. The van der Waals surface area contributed by atoms with Crippen LogP contribution in [-0.4, -0.2) is 28.6 Å². The number of nitrogens with one attached hydrogen (secondary N) is 1. The maximum atomic E-state index is 13.4. The number of aliphatic carboxylic acids is 1. The van der Waals surface area contributed by atoms with E-state index in [2.05, 4.69) is 4.98 Å². The maximum Gasteiger partial charge on any atom is 0.417 e. The van der Waals surface area contributed by atoms with E-state index in [0.717, 1.165) is 0 Å². The second kappa shape index (κ2) is 7.12. The fourth-order valence-electron chi connectivity index (χ4n) is 2.65. The van der Waals surface area contributed by atoms with Gasteiger partial charge in [0.25, 0.3) is 0 Å². The summed E-state index contributed by atoms with van der Waals surface area (Å²) in [5.74, 6) is -2.43. The Morgan fingerprint density at radius 3 is 2.22 bits per heavy atom. The number of esters is 1. The van der Waals surface area contributed by atoms with Crippen molar-refractivity contribution in [1.29, 1.82) is 0 Å². The first-order valence-corrected chi connectivity index (χ1v) is 7.58. The second-order valence-corrected chi connectivity index (χ2v) is 5.53. The molecule has 0 fully saturated rings. The Kier molecular flexibility index (Phi) is 5.43. The molecule has 1 heterocycles. The smallest absolute Gasteiger partial charge is 0.417 e. The highest BCUT2D eigenvalue weighted by Gasteiger charge is 2.40. The van der Waals surface area contributed by atoms with Gasteiger partial charge < -0.3 is 14.8 Å². The number of aryl methyl sites for hydroxylation is 1. The summed E-state index contributed by atoms with van der Waals surface area (Å²) >= 11 is 0. The zero-order valence-electron chi connectivity index (χ0n) is 13.7. The van der Waals surface area contributed by atoms with Crippen molar-refractivity contribution < 1.29 is 45.8 Å². The summed E-state index contributed by atoms with van der Waals surface area (Å²) < 4.78 is 83.9. The van der Waals surface area contributed by atoms with Crippen LogP contribution in [0, 0.1) is 0 Å². The van der Waals surface area contributed by atoms with Crippen LogP contribution in [-0.2, 0) is 28.3 Å². The van der Waals surface area contributed by atoms with Crippen LogP contribution >= 0.6 is 0 Å². The van der Waals surface area contributed by atoms with Gasteiger partial charge in [0.15, 0.2) is 0 Å². The minimum atomic E-state index is -5.16. The number of hydrogen-bond acceptors (Lipinski definition) is 3. The molecule has 0 bridgehead atoms. The molecule has 2 rings (SSSR count). The summed E-state index contributed by atoms with van der Waals surface area (Å²) in [5, 5.41) is 8.12. The van der Waals surface area contributed by atoms with Gasteiger partial charge in [-0.05, 0) is 31.0 Å². The average molecular weight is 397 g/mol. The molecule has 148 valence electrons. The van der Waals surface area contributed by atoms with Crippen molar-refractivity contribution in [1.82, 2.24) is 4.98 Å². The number of carboxylic acids is 1. The molecular formula is C16H13F6NO4. The molecule has 2 aromatic rings. The van der Waals surface area contributed by atoms with E-state index in [4.69, 9.17) is 9.84 Å². The predicted molar refractivity (Wildman–Crippen MR) is 80.2 cm³/mol. The van der Waals surface area contributed by atoms with Crippen LogP contribution in [0.1, 0.15) is 40.5 Å². The number of fused-ring (bicyclic) bond motifs is 1. The molecule has 0 unspecified atom stereocenters. The molecule has 0 aliphatic heterocycles. The van der Waals surface area contributed by atoms with E-state index in [-0.39, 0.29) is 18.2 Å². The zero-order chi connectivity index (χ0) is 20.6. The fraction of sp³-hybridized carbons (Fsp3) is 0.375. The number of rotatable bonds is 5. The molecule has 27 heavy (non-hydrogen) atoms. The summed E-state index contributed by atoms with van der Waals surface area (Å²) in [6.45, 7) is 1.30. The van der Waals surface area contributed by atoms with Crippen molar-refractivity contribution in [2.45, 2.75) is 32.1 Å². The number of aromatic amines is 1. The number of ether oxygens (including phenoxy) is 1. The quantitative estimate of drug-likeness (QED) is 0.579. The first kappa shape index (κ1) is 20.6. The van der Waals surface area contributed by atoms with Crippen molar-refractivity contribution in [3.8, 4) is 0 Å². The molecule has 0 saturated heterocycles. The molecule has 0 amide bonds. The van der Waals surface area contributed by atoms with Crippen LogP contribution in [0.2, 0.25) is 0 Å². The largest absolute Gasteiger partial charge is 0.481 e. The Hall–Kier alpha value is -2.72. The Balaban J connectivity index is 2.85. The highest BCUT2D eigenvalue weighted by atomic mass is 19.4. The fourth-order valence-corrected chi connectivity index (χ4v) is 2.65. The van der Waals surface area contributed by atoms with E-state index in [1.807, 2.05) is 0 Å². The molecule has 5 nitrogen and oxygen atoms in total. The van der Waals surface area contributed by atoms with Gasteiger partial charge in [0.05, 0.1) is 17.7 Å². The lowest BCUT2D eigenvalue weighted by atomic mass is 9.98. The average Bonchev–Trinajstić information content (AvgIpc) is 2.89. The van der Waals surface area contributed by atoms with E-state index in [0.29, 0.717) is 6.07 Å². The van der Waals surface area contributed by atoms with E-state index >= 15 is 0 Å². The van der Waals surface area contributed by atoms with Crippen molar-refractivity contribution >= 4 is 22.8 Å². The monoisotopic (exact) mass is 397 g/mol. The summed E-state index contributed by atoms with van der Waals surface area (Å²) in [6, 6.07) is 0.382. The molecule has 1 aromatic heterocycles. The Morgan fingerprint density at radius 2 is 1.74 bits per heavy atom. The van der Waals surface area contributed by atoms with E-state index in [1.54, 1.807) is 0 Å². The van der Waals surface area contributed by atoms with Crippen molar-refractivity contribution in [2.75, 3.05) is 6.61 Å². The summed E-state index contributed by atoms with van der Waals surface area (Å²) in [5.41, 5.74) is -4.60. The van der Waals surface area contributed by atoms with Crippen molar-refractivity contribution in [3.63, 3.8) is 0 Å². The number of benzene rings is 1. The van der Waals surface area contributed by atoms with Gasteiger partial charge in [-0.1, -0.05) is 0 Å². The van der Waals surface area contributed by atoms with Crippen LogP contribution in [0.4, 0.5) is 26.3 Å². The van der Waals surface area contributed by atoms with Crippen molar-refractivity contribution in [3.05, 3.63) is 34.5 Å². The maximum absolute atomic E-state index is 13.4. The third kappa shape index (κ3) is 4.34. The summed E-state index contributed by atoms with van der Waals surface area (Å²) in [6.07, 6.45) is -11.3. The lowest BCUT2D eigenvalue weighted by Gasteiger charge is -2.14. The van der Waals surface area contributed by atoms with Gasteiger partial charge in [0, 0.05) is 17.3 Å². The van der Waals surface area contributed by atoms with Gasteiger partial charge in [-0.15, -0.1) is 0 Å². The van der Waals surface area contributed by atoms with Crippen LogP contribution in [0.3, 0.4) is 0 Å². The van der Waals surface area contributed by atoms with Crippen LogP contribution in [0.15, 0.2) is 12.1 Å². The minimum Gasteiger partial charge on any atom is -0.481 e. The molecule has 0 spiro atoms. The Labute approximate surface area is 147 Å². The molecule has 0 aliphatic rings. The highest BCUT2D eigenvalue weighted by Crippen LogP contribution is 2.42. The zero-order valence-corrected chi connectivity index (χ0v) is 13.7. The third-order valence-corrected chi connectivity index (χ3v) is 3.70. The van der Waals surface area contributed by atoms with Crippen LogP contribution < -0.4 is 0 Å². The molecule has 0 aliphatic carbocycles. The molecule has 1 aromatic carbocycles. The van der Waals surface area contributed by atoms with Gasteiger partial charge >= 0.3 is 24.3 Å². The van der Waals surface area contributed by atoms with E-state index in [9.17, 15) is 35.9 Å². The SMILES string of the molecule is CCOC(=O)c1[nH]c2cc(C(F)(F)F)cc(C(F)(F)F)c2c1CCC(=O)O. The number of carboxylic acid groups (broad SMARTS) is 1. The standard InChI is InChI=1S/C16H13F6NO4/c1-2-27-14(26)13-8(3-4-11(24)25)12-9(16(20,21)22)5-7(15(17,18)19)6-10(12)23-13/h5-6,23H,2-4H2,1H3,(H,24,25). The van der Waals surface area contributed by atoms with Gasteiger partial charge in [0.2, 0.25) is 0 Å². The van der Waals surface area contributed by atoms with Gasteiger partial charge in [-0.3, -0.25) is 4.79 Å². The van der Waals surface area contributed by atoms with Gasteiger partial charge in [-0.2, -0.15) is 26.3 Å². The summed E-state index contributed by atoms with van der Waals surface area (Å²) in [7, 11) is 0. The number of hydrogen-bond donors (Lipinski definition) is 2. The molecule has 0 radical (unpaired) electrons. The number of halogens is 6. The molecule has 11 heteroatoms. The first-order chi connectivity index (χ1) is 12.4. The first-order valence-electron chi connectivity index (χ1n) is 7.58. The third-order valence-electron chi connectivity index (χ3n) is 3.70. The second-order valence-electron chi connectivity index (χ2n) is 5.53. The topological polar surface area (TPSA) is 79.4 Å². The molecule has 0 saturated carbocycles. The number of carbonyl (C=O) groups excluding carboxylic acids is 1. The number of alkyl halides is 6. The van der Waals surface area contributed by atoms with Crippen LogP contribution in [0.5, 0.6) is 0 Å². The van der Waals surface area contributed by atoms with Gasteiger partial charge in [0.1, 0.15) is 5.69 Å². The highest BCUT2D eigenvalue weighted by molar-refractivity contribution is 6.00. The normalized spacial score (nSPS) is 12.4. The number of aromatic nitrogens is 1. The lowest BCUT2D eigenvalue weighted by Crippen LogP contribution is -2.12. The molecular weight excluding hydrogens is 384 g/mol. The minimum absolute atomic E-state index is 0.0601. The number of carbonyl (C=O) groups is 2. The molecule has 2 N–H and O–H groups in total. The van der Waals surface area contributed by atoms with Crippen LogP contribution in [0.25, 0.3) is 10.9 Å².